The Labute approximate surface area is 182 Å². The Morgan fingerprint density at radius 3 is 1.87 bits per heavy atom. The molecule has 1 aromatic carbocycles. The summed E-state index contributed by atoms with van der Waals surface area (Å²) in [6.07, 6.45) is 2.93. The highest BCUT2D eigenvalue weighted by Crippen LogP contribution is 2.14. The molecule has 0 aromatic heterocycles. The number of ether oxygens (including phenoxy) is 3. The van der Waals surface area contributed by atoms with Crippen LogP contribution in [0.3, 0.4) is 0 Å². The van der Waals surface area contributed by atoms with Crippen LogP contribution in [-0.2, 0) is 23.2 Å². The summed E-state index contributed by atoms with van der Waals surface area (Å²) in [5, 5.41) is 5.89. The van der Waals surface area contributed by atoms with Crippen molar-refractivity contribution in [2.45, 2.75) is 26.7 Å². The summed E-state index contributed by atoms with van der Waals surface area (Å²) in [7, 11) is 0. The normalized spacial score (nSPS) is 11.3. The predicted molar refractivity (Wildman–Crippen MR) is 119 cm³/mol. The third kappa shape index (κ3) is 10.5. The second-order valence-corrected chi connectivity index (χ2v) is 7.38. The zero-order chi connectivity index (χ0) is 22.2. The first-order valence-corrected chi connectivity index (χ1v) is 11.4. The smallest absolute Gasteiger partial charge is 0.253 e. The Morgan fingerprint density at radius 2 is 1.33 bits per heavy atom. The maximum atomic E-state index is 11.7. The monoisotopic (exact) mass is 446 g/mol. The average molecular weight is 447 g/mol. The summed E-state index contributed by atoms with van der Waals surface area (Å²) in [6.45, 7) is 7.95. The van der Waals surface area contributed by atoms with E-state index in [-0.39, 0.29) is 17.4 Å². The van der Waals surface area contributed by atoms with Crippen molar-refractivity contribution in [1.82, 2.24) is 0 Å². The fourth-order valence-electron chi connectivity index (χ4n) is 2.46. The van der Waals surface area contributed by atoms with E-state index in [1.54, 1.807) is 0 Å². The van der Waals surface area contributed by atoms with Gasteiger partial charge in [0.05, 0.1) is 46.2 Å². The number of nitrogens with one attached hydrogen (secondary N) is 2. The Morgan fingerprint density at radius 1 is 0.833 bits per heavy atom. The molecule has 0 bridgehead atoms. The molecule has 0 aliphatic rings. The summed E-state index contributed by atoms with van der Waals surface area (Å²) < 4.78 is 21.2. The molecule has 30 heavy (non-hydrogen) atoms. The molecule has 1 aromatic rings. The summed E-state index contributed by atoms with van der Waals surface area (Å²) in [6, 6.07) is 0. The van der Waals surface area contributed by atoms with Gasteiger partial charge in [0.15, 0.2) is 0 Å². The summed E-state index contributed by atoms with van der Waals surface area (Å²) in [5.74, 6) is 0.201. The van der Waals surface area contributed by atoms with Gasteiger partial charge in [-0.2, -0.15) is 0 Å². The fraction of sp³-hybridized carbons (Fsp3) is 0.750. The van der Waals surface area contributed by atoms with Crippen molar-refractivity contribution in [2.75, 3.05) is 76.2 Å². The molecule has 0 amide bonds. The molecular weight excluding hydrogens is 412 g/mol. The number of Topliss-reactive ketones (excluding diaryl/α,β-unsaturated/α-hetero) is 1. The lowest BCUT2D eigenvalue weighted by molar-refractivity contribution is -0.121. The second kappa shape index (κ2) is 16.3. The van der Waals surface area contributed by atoms with Crippen molar-refractivity contribution in [2.24, 2.45) is 5.92 Å². The average Bonchev–Trinajstić information content (AvgIpc) is 2.74. The van der Waals surface area contributed by atoms with Crippen molar-refractivity contribution in [3.8, 4) is 0 Å². The molecule has 0 radical (unpaired) electrons. The summed E-state index contributed by atoms with van der Waals surface area (Å²) in [5.41, 5.74) is -0.466. The van der Waals surface area contributed by atoms with Crippen molar-refractivity contribution >= 4 is 29.2 Å². The molecule has 0 atom stereocenters. The van der Waals surface area contributed by atoms with Crippen LogP contribution in [0.25, 0.3) is 0 Å². The molecule has 0 saturated heterocycles. The Kier molecular flexibility index (Phi) is 14.4. The Hall–Kier alpha value is -1.46. The molecule has 0 saturated carbocycles. The van der Waals surface area contributed by atoms with Gasteiger partial charge in [-0.05, 0) is 18.5 Å². The van der Waals surface area contributed by atoms with Crippen molar-refractivity contribution < 1.29 is 23.2 Å². The minimum Gasteiger partial charge on any atom is -0.380 e. The van der Waals surface area contributed by atoms with Gasteiger partial charge in [0.25, 0.3) is 10.9 Å². The van der Waals surface area contributed by atoms with E-state index >= 15 is 0 Å². The van der Waals surface area contributed by atoms with Crippen LogP contribution in [0.5, 0.6) is 0 Å². The van der Waals surface area contributed by atoms with E-state index in [4.69, 9.17) is 18.4 Å². The summed E-state index contributed by atoms with van der Waals surface area (Å²) in [4.78, 5) is 35.0. The molecule has 0 aliphatic carbocycles. The van der Waals surface area contributed by atoms with Gasteiger partial charge in [-0.3, -0.25) is 14.4 Å². The van der Waals surface area contributed by atoms with E-state index in [9.17, 15) is 14.4 Å². The number of hydrogen-bond acceptors (Lipinski definition) is 10. The van der Waals surface area contributed by atoms with Gasteiger partial charge in [-0.15, -0.1) is 0 Å². The van der Waals surface area contributed by atoms with E-state index in [1.165, 1.54) is 12.0 Å². The lowest BCUT2D eigenvalue weighted by atomic mass is 10.0. The Bertz CT molecular complexity index is 674. The van der Waals surface area contributed by atoms with Crippen molar-refractivity contribution in [3.05, 3.63) is 20.4 Å². The number of anilines is 2. The summed E-state index contributed by atoms with van der Waals surface area (Å²) >= 11 is 1.31. The molecule has 2 N–H and O–H groups in total. The third-order valence-electron chi connectivity index (χ3n) is 4.18. The van der Waals surface area contributed by atoms with Crippen LogP contribution < -0.4 is 21.5 Å². The largest absolute Gasteiger partial charge is 0.380 e. The van der Waals surface area contributed by atoms with Crippen LogP contribution >= 0.6 is 12.0 Å². The third-order valence-corrected chi connectivity index (χ3v) is 4.58. The fourth-order valence-corrected chi connectivity index (χ4v) is 2.69. The van der Waals surface area contributed by atoms with E-state index < -0.39 is 10.9 Å². The minimum absolute atomic E-state index is 0.0111. The number of carbonyl (C=O) groups is 1. The molecule has 0 fully saturated rings. The van der Waals surface area contributed by atoms with Gasteiger partial charge < -0.3 is 29.0 Å². The topological polar surface area (TPSA) is 112 Å². The minimum atomic E-state index is -0.526. The maximum Gasteiger partial charge on any atom is 0.253 e. The number of rotatable bonds is 20. The molecule has 0 heterocycles. The van der Waals surface area contributed by atoms with Gasteiger partial charge >= 0.3 is 0 Å². The van der Waals surface area contributed by atoms with Gasteiger partial charge in [0.2, 0.25) is 0 Å². The van der Waals surface area contributed by atoms with Crippen molar-refractivity contribution in [3.63, 3.8) is 0 Å². The van der Waals surface area contributed by atoms with E-state index in [2.05, 4.69) is 10.6 Å². The van der Waals surface area contributed by atoms with E-state index in [0.29, 0.717) is 77.9 Å². The first-order valence-electron chi connectivity index (χ1n) is 10.2. The highest BCUT2D eigenvalue weighted by Gasteiger charge is 2.20. The zero-order valence-corrected chi connectivity index (χ0v) is 18.9. The van der Waals surface area contributed by atoms with E-state index in [1.807, 2.05) is 20.1 Å². The standard InChI is InChI=1S/C20H34N2O7S/c1-15(2)16(23)5-4-6-21-17-18(20(25)19(17)24)22-7-8-26-9-10-27-11-12-28-13-14-29-30-3/h15,21-22H,4-14H2,1-3H3. The van der Waals surface area contributed by atoms with Crippen LogP contribution in [0.4, 0.5) is 11.4 Å². The first kappa shape index (κ1) is 26.6. The van der Waals surface area contributed by atoms with Crippen LogP contribution in [0.2, 0.25) is 0 Å². The first-order chi connectivity index (χ1) is 14.5. The molecular formula is C20H34N2O7S. The molecule has 9 nitrogen and oxygen atoms in total. The number of carbonyl (C=O) groups excluding carboxylic acids is 1. The van der Waals surface area contributed by atoms with Crippen LogP contribution in [0.15, 0.2) is 9.59 Å². The van der Waals surface area contributed by atoms with Crippen LogP contribution in [0, 0.1) is 5.92 Å². The predicted octanol–water partition coefficient (Wildman–Crippen LogP) is 1.46. The molecule has 1 rings (SSSR count). The van der Waals surface area contributed by atoms with Gasteiger partial charge in [-0.25, -0.2) is 0 Å². The zero-order valence-electron chi connectivity index (χ0n) is 18.1. The molecule has 10 heteroatoms. The molecule has 172 valence electrons. The molecule has 0 aliphatic heterocycles. The molecule has 0 unspecified atom stereocenters. The highest BCUT2D eigenvalue weighted by atomic mass is 32.2. The van der Waals surface area contributed by atoms with E-state index in [0.717, 1.165) is 0 Å². The number of hydrogen-bond donors (Lipinski definition) is 2. The molecule has 0 spiro atoms. The Balaban J connectivity index is 2.06. The van der Waals surface area contributed by atoms with Gasteiger partial charge in [-0.1, -0.05) is 13.8 Å². The van der Waals surface area contributed by atoms with Crippen molar-refractivity contribution in [1.29, 1.82) is 0 Å². The lowest BCUT2D eigenvalue weighted by Crippen LogP contribution is -2.38. The number of ketones is 1. The quantitative estimate of drug-likeness (QED) is 0.173. The lowest BCUT2D eigenvalue weighted by Gasteiger charge is -2.15. The van der Waals surface area contributed by atoms with Crippen LogP contribution in [0.1, 0.15) is 26.7 Å². The van der Waals surface area contributed by atoms with Crippen LogP contribution in [-0.4, -0.2) is 71.4 Å². The SMILES string of the molecule is CSOCCOCCOCCOCCNc1c(NCCCC(=O)C(C)C)c(=O)c1=O. The maximum absolute atomic E-state index is 11.7. The van der Waals surface area contributed by atoms with Gasteiger partial charge in [0.1, 0.15) is 17.2 Å². The van der Waals surface area contributed by atoms with Gasteiger partial charge in [0, 0.05) is 31.7 Å². The second-order valence-electron chi connectivity index (χ2n) is 6.81. The highest BCUT2D eigenvalue weighted by molar-refractivity contribution is 7.93.